The second-order valence-electron chi connectivity index (χ2n) is 4.56. The standard InChI is InChI=1S/C15H11N3O2S/c1-8-9(2)21-15-12(8)14(19)17-13(18-15)10(7-16)6-11-4-3-5-20-11/h3-6H,1-2H3,(H,17,18,19). The number of hydrogen-bond donors (Lipinski definition) is 1. The smallest absolute Gasteiger partial charge is 0.260 e. The fraction of sp³-hybridized carbons (Fsp3) is 0.133. The summed E-state index contributed by atoms with van der Waals surface area (Å²) in [6.07, 6.45) is 3.07. The van der Waals surface area contributed by atoms with E-state index in [2.05, 4.69) is 9.97 Å². The molecular formula is C15H11N3O2S. The Kier molecular flexibility index (Phi) is 3.20. The van der Waals surface area contributed by atoms with Crippen LogP contribution in [-0.4, -0.2) is 9.97 Å². The molecule has 1 N–H and O–H groups in total. The Morgan fingerprint density at radius 2 is 2.33 bits per heavy atom. The number of rotatable bonds is 2. The fourth-order valence-corrected chi connectivity index (χ4v) is 3.08. The number of allylic oxidation sites excluding steroid dienone is 1. The number of aromatic amines is 1. The highest BCUT2D eigenvalue weighted by molar-refractivity contribution is 7.18. The van der Waals surface area contributed by atoms with Crippen LogP contribution in [-0.2, 0) is 0 Å². The van der Waals surface area contributed by atoms with Crippen LogP contribution in [0.5, 0.6) is 0 Å². The molecule has 0 atom stereocenters. The first-order valence-electron chi connectivity index (χ1n) is 6.26. The number of fused-ring (bicyclic) bond motifs is 1. The lowest BCUT2D eigenvalue weighted by molar-refractivity contribution is 0.557. The average molecular weight is 297 g/mol. The number of nitrogens with one attached hydrogen (secondary N) is 1. The van der Waals surface area contributed by atoms with Crippen molar-refractivity contribution in [2.24, 2.45) is 0 Å². The summed E-state index contributed by atoms with van der Waals surface area (Å²) >= 11 is 1.45. The zero-order valence-corrected chi connectivity index (χ0v) is 12.2. The molecule has 0 saturated carbocycles. The Bertz CT molecular complexity index is 940. The molecule has 0 saturated heterocycles. The molecule has 21 heavy (non-hydrogen) atoms. The quantitative estimate of drug-likeness (QED) is 0.736. The predicted octanol–water partition coefficient (Wildman–Crippen LogP) is 3.26. The molecule has 0 aliphatic carbocycles. The van der Waals surface area contributed by atoms with Crippen molar-refractivity contribution in [3.05, 3.63) is 50.8 Å². The van der Waals surface area contributed by atoms with E-state index in [0.717, 1.165) is 10.4 Å². The number of thiophene rings is 1. The molecule has 3 aromatic heterocycles. The molecule has 0 aromatic carbocycles. The van der Waals surface area contributed by atoms with Gasteiger partial charge in [-0.2, -0.15) is 5.26 Å². The van der Waals surface area contributed by atoms with Crippen molar-refractivity contribution >= 4 is 33.2 Å². The van der Waals surface area contributed by atoms with Gasteiger partial charge in [0.25, 0.3) is 5.56 Å². The average Bonchev–Trinajstić information content (AvgIpc) is 3.05. The second-order valence-corrected chi connectivity index (χ2v) is 5.77. The maximum absolute atomic E-state index is 12.2. The first-order chi connectivity index (χ1) is 10.1. The minimum atomic E-state index is -0.225. The van der Waals surface area contributed by atoms with Gasteiger partial charge < -0.3 is 9.40 Å². The van der Waals surface area contributed by atoms with Crippen LogP contribution >= 0.6 is 11.3 Å². The van der Waals surface area contributed by atoms with E-state index in [9.17, 15) is 10.1 Å². The molecule has 104 valence electrons. The molecule has 3 rings (SSSR count). The van der Waals surface area contributed by atoms with Crippen LogP contribution in [0.15, 0.2) is 27.6 Å². The monoisotopic (exact) mass is 297 g/mol. The largest absolute Gasteiger partial charge is 0.465 e. The third kappa shape index (κ3) is 2.28. The van der Waals surface area contributed by atoms with Crippen LogP contribution in [0.4, 0.5) is 0 Å². The van der Waals surface area contributed by atoms with Gasteiger partial charge in [0.05, 0.1) is 17.2 Å². The van der Waals surface area contributed by atoms with Gasteiger partial charge in [0.1, 0.15) is 16.7 Å². The summed E-state index contributed by atoms with van der Waals surface area (Å²) in [5.41, 5.74) is 0.967. The Morgan fingerprint density at radius 1 is 1.52 bits per heavy atom. The van der Waals surface area contributed by atoms with Crippen molar-refractivity contribution in [1.82, 2.24) is 9.97 Å². The highest BCUT2D eigenvalue weighted by atomic mass is 32.1. The number of hydrogen-bond acceptors (Lipinski definition) is 5. The molecule has 0 bridgehead atoms. The Labute approximate surface area is 124 Å². The maximum Gasteiger partial charge on any atom is 0.260 e. The Balaban J connectivity index is 2.21. The second kappa shape index (κ2) is 5.04. The Morgan fingerprint density at radius 3 is 3.00 bits per heavy atom. The van der Waals surface area contributed by atoms with Gasteiger partial charge >= 0.3 is 0 Å². The van der Waals surface area contributed by atoms with E-state index in [-0.39, 0.29) is 17.0 Å². The highest BCUT2D eigenvalue weighted by Gasteiger charge is 2.14. The number of furan rings is 1. The van der Waals surface area contributed by atoms with Gasteiger partial charge in [0.2, 0.25) is 0 Å². The molecule has 5 nitrogen and oxygen atoms in total. The fourth-order valence-electron chi connectivity index (χ4n) is 2.05. The summed E-state index contributed by atoms with van der Waals surface area (Å²) in [6, 6.07) is 5.50. The van der Waals surface area contributed by atoms with Crippen molar-refractivity contribution in [2.75, 3.05) is 0 Å². The predicted molar refractivity (Wildman–Crippen MR) is 81.9 cm³/mol. The summed E-state index contributed by atoms with van der Waals surface area (Å²) < 4.78 is 5.18. The SMILES string of the molecule is Cc1sc2nc(C(C#N)=Cc3ccco3)[nH]c(=O)c2c1C. The molecule has 0 spiro atoms. The van der Waals surface area contributed by atoms with E-state index in [1.807, 2.05) is 19.9 Å². The molecule has 0 aliphatic heterocycles. The molecule has 0 unspecified atom stereocenters. The Hall–Kier alpha value is -2.65. The van der Waals surface area contributed by atoms with Crippen LogP contribution in [0.2, 0.25) is 0 Å². The first kappa shape index (κ1) is 13.3. The van der Waals surface area contributed by atoms with Crippen molar-refractivity contribution < 1.29 is 4.42 Å². The molecule has 0 aliphatic rings. The minimum Gasteiger partial charge on any atom is -0.465 e. The van der Waals surface area contributed by atoms with E-state index in [0.29, 0.717) is 16.0 Å². The number of nitriles is 1. The van der Waals surface area contributed by atoms with Crippen molar-refractivity contribution in [1.29, 1.82) is 5.26 Å². The summed E-state index contributed by atoms with van der Waals surface area (Å²) in [5.74, 6) is 0.792. The number of aryl methyl sites for hydroxylation is 2. The highest BCUT2D eigenvalue weighted by Crippen LogP contribution is 2.26. The lowest BCUT2D eigenvalue weighted by atomic mass is 10.2. The van der Waals surface area contributed by atoms with E-state index < -0.39 is 0 Å². The van der Waals surface area contributed by atoms with Gasteiger partial charge in [-0.3, -0.25) is 4.79 Å². The lowest BCUT2D eigenvalue weighted by Gasteiger charge is -1.98. The van der Waals surface area contributed by atoms with Crippen molar-refractivity contribution in [2.45, 2.75) is 13.8 Å². The summed E-state index contributed by atoms with van der Waals surface area (Å²) in [7, 11) is 0. The van der Waals surface area contributed by atoms with E-state index >= 15 is 0 Å². The summed E-state index contributed by atoms with van der Waals surface area (Å²) in [6.45, 7) is 3.85. The zero-order chi connectivity index (χ0) is 15.0. The topological polar surface area (TPSA) is 82.7 Å². The summed E-state index contributed by atoms with van der Waals surface area (Å²) in [4.78, 5) is 21.0. The molecule has 3 heterocycles. The number of aromatic nitrogens is 2. The minimum absolute atomic E-state index is 0.225. The van der Waals surface area contributed by atoms with Gasteiger partial charge in [-0.05, 0) is 31.5 Å². The molecule has 0 radical (unpaired) electrons. The van der Waals surface area contributed by atoms with Gasteiger partial charge in [0, 0.05) is 11.0 Å². The number of nitrogens with zero attached hydrogens (tertiary/aromatic N) is 2. The first-order valence-corrected chi connectivity index (χ1v) is 7.07. The van der Waals surface area contributed by atoms with Gasteiger partial charge in [0.15, 0.2) is 5.82 Å². The van der Waals surface area contributed by atoms with Crippen LogP contribution in [0.1, 0.15) is 22.0 Å². The van der Waals surface area contributed by atoms with E-state index in [1.165, 1.54) is 17.6 Å². The molecule has 0 fully saturated rings. The molecule has 6 heteroatoms. The van der Waals surface area contributed by atoms with Gasteiger partial charge in [-0.1, -0.05) is 0 Å². The molecule has 0 amide bonds. The molecule has 3 aromatic rings. The van der Waals surface area contributed by atoms with E-state index in [1.54, 1.807) is 18.2 Å². The van der Waals surface area contributed by atoms with Crippen LogP contribution in [0.25, 0.3) is 21.9 Å². The maximum atomic E-state index is 12.2. The number of H-pyrrole nitrogens is 1. The van der Waals surface area contributed by atoms with Crippen molar-refractivity contribution in [3.8, 4) is 6.07 Å². The van der Waals surface area contributed by atoms with E-state index in [4.69, 9.17) is 4.42 Å². The van der Waals surface area contributed by atoms with Crippen molar-refractivity contribution in [3.63, 3.8) is 0 Å². The van der Waals surface area contributed by atoms with Gasteiger partial charge in [-0.15, -0.1) is 11.3 Å². The summed E-state index contributed by atoms with van der Waals surface area (Å²) in [5, 5.41) is 9.88. The third-order valence-corrected chi connectivity index (χ3v) is 4.35. The zero-order valence-electron chi connectivity index (χ0n) is 11.4. The van der Waals surface area contributed by atoms with Crippen LogP contribution in [0.3, 0.4) is 0 Å². The normalized spacial score (nSPS) is 11.8. The third-order valence-electron chi connectivity index (χ3n) is 3.24. The van der Waals surface area contributed by atoms with Crippen LogP contribution in [0, 0.1) is 25.2 Å². The lowest BCUT2D eigenvalue weighted by Crippen LogP contribution is -2.10. The van der Waals surface area contributed by atoms with Crippen LogP contribution < -0.4 is 5.56 Å². The molecular weight excluding hydrogens is 286 g/mol. The van der Waals surface area contributed by atoms with Gasteiger partial charge in [-0.25, -0.2) is 4.98 Å².